The van der Waals surface area contributed by atoms with Crippen LogP contribution in [0.25, 0.3) is 11.3 Å². The second-order valence-corrected chi connectivity index (χ2v) is 4.80. The summed E-state index contributed by atoms with van der Waals surface area (Å²) >= 11 is 0. The van der Waals surface area contributed by atoms with Crippen molar-refractivity contribution in [1.29, 1.82) is 0 Å². The SMILES string of the molecule is c1ccc(C2=NCc3cc(-c4ccccc4)nn32)cc1. The monoisotopic (exact) mass is 259 g/mol. The Morgan fingerprint density at radius 1 is 0.800 bits per heavy atom. The zero-order valence-electron chi connectivity index (χ0n) is 10.9. The second kappa shape index (κ2) is 4.46. The summed E-state index contributed by atoms with van der Waals surface area (Å²) in [6.07, 6.45) is 0. The first-order valence-electron chi connectivity index (χ1n) is 6.66. The summed E-state index contributed by atoms with van der Waals surface area (Å²) in [5.74, 6) is 0.933. The Kier molecular flexibility index (Phi) is 2.49. The van der Waals surface area contributed by atoms with Gasteiger partial charge in [0.1, 0.15) is 0 Å². The van der Waals surface area contributed by atoms with Gasteiger partial charge in [0.15, 0.2) is 5.84 Å². The first kappa shape index (κ1) is 11.2. The van der Waals surface area contributed by atoms with Gasteiger partial charge in [-0.1, -0.05) is 60.7 Å². The molecule has 2 heterocycles. The van der Waals surface area contributed by atoms with Crippen molar-refractivity contribution in [3.8, 4) is 11.3 Å². The van der Waals surface area contributed by atoms with Crippen molar-refractivity contribution in [1.82, 2.24) is 9.78 Å². The number of hydrogen-bond acceptors (Lipinski definition) is 2. The summed E-state index contributed by atoms with van der Waals surface area (Å²) in [4.78, 5) is 4.59. The number of benzene rings is 2. The number of fused-ring (bicyclic) bond motifs is 1. The van der Waals surface area contributed by atoms with Crippen LogP contribution < -0.4 is 0 Å². The van der Waals surface area contributed by atoms with Gasteiger partial charge in [-0.3, -0.25) is 4.99 Å². The molecule has 96 valence electrons. The van der Waals surface area contributed by atoms with Gasteiger partial charge in [0, 0.05) is 11.1 Å². The van der Waals surface area contributed by atoms with Crippen LogP contribution >= 0.6 is 0 Å². The van der Waals surface area contributed by atoms with Crippen molar-refractivity contribution < 1.29 is 0 Å². The molecule has 0 fully saturated rings. The number of aliphatic imine (C=N–C) groups is 1. The quantitative estimate of drug-likeness (QED) is 0.694. The molecule has 3 nitrogen and oxygen atoms in total. The van der Waals surface area contributed by atoms with Crippen LogP contribution in [0.5, 0.6) is 0 Å². The van der Waals surface area contributed by atoms with E-state index in [1.54, 1.807) is 0 Å². The minimum Gasteiger partial charge on any atom is -0.260 e. The van der Waals surface area contributed by atoms with Crippen LogP contribution in [-0.2, 0) is 6.54 Å². The topological polar surface area (TPSA) is 30.2 Å². The van der Waals surface area contributed by atoms with Crippen molar-refractivity contribution in [2.75, 3.05) is 0 Å². The van der Waals surface area contributed by atoms with Gasteiger partial charge in [-0.2, -0.15) is 5.10 Å². The van der Waals surface area contributed by atoms with Gasteiger partial charge in [-0.05, 0) is 6.07 Å². The van der Waals surface area contributed by atoms with Crippen LogP contribution in [0, 0.1) is 0 Å². The Morgan fingerprint density at radius 3 is 2.15 bits per heavy atom. The van der Waals surface area contributed by atoms with Gasteiger partial charge < -0.3 is 0 Å². The molecular formula is C17H13N3. The highest BCUT2D eigenvalue weighted by atomic mass is 15.3. The standard InChI is InChI=1S/C17H13N3/c1-3-7-13(8-4-1)16-11-15-12-18-17(20(15)19-16)14-9-5-2-6-10-14/h1-11H,12H2. The van der Waals surface area contributed by atoms with Gasteiger partial charge in [0.05, 0.1) is 17.9 Å². The number of rotatable bonds is 2. The lowest BCUT2D eigenvalue weighted by Crippen LogP contribution is -2.12. The van der Waals surface area contributed by atoms with E-state index < -0.39 is 0 Å². The maximum absolute atomic E-state index is 4.70. The van der Waals surface area contributed by atoms with Crippen LogP contribution in [0.4, 0.5) is 0 Å². The molecule has 0 amide bonds. The van der Waals surface area contributed by atoms with Crippen molar-refractivity contribution in [2.45, 2.75) is 6.54 Å². The Bertz CT molecular complexity index is 771. The van der Waals surface area contributed by atoms with Crippen molar-refractivity contribution in [2.24, 2.45) is 4.99 Å². The van der Waals surface area contributed by atoms with Crippen molar-refractivity contribution in [3.05, 3.63) is 78.0 Å². The fourth-order valence-electron chi connectivity index (χ4n) is 2.49. The normalized spacial score (nSPS) is 13.1. The van der Waals surface area contributed by atoms with E-state index in [9.17, 15) is 0 Å². The molecule has 2 aromatic carbocycles. The molecular weight excluding hydrogens is 246 g/mol. The molecule has 3 heteroatoms. The third kappa shape index (κ3) is 1.75. The molecule has 0 saturated carbocycles. The van der Waals surface area contributed by atoms with Crippen LogP contribution in [0.1, 0.15) is 11.3 Å². The van der Waals surface area contributed by atoms with Crippen LogP contribution in [-0.4, -0.2) is 15.6 Å². The van der Waals surface area contributed by atoms with Gasteiger partial charge in [0.2, 0.25) is 0 Å². The van der Waals surface area contributed by atoms with E-state index >= 15 is 0 Å². The zero-order valence-corrected chi connectivity index (χ0v) is 10.9. The molecule has 0 atom stereocenters. The fraction of sp³-hybridized carbons (Fsp3) is 0.0588. The molecule has 0 aliphatic carbocycles. The summed E-state index contributed by atoms with van der Waals surface area (Å²) in [7, 11) is 0. The van der Waals surface area contributed by atoms with E-state index in [1.807, 2.05) is 41.1 Å². The summed E-state index contributed by atoms with van der Waals surface area (Å²) < 4.78 is 1.96. The Morgan fingerprint density at radius 2 is 1.45 bits per heavy atom. The Balaban J connectivity index is 1.77. The van der Waals surface area contributed by atoms with Gasteiger partial charge in [0.25, 0.3) is 0 Å². The van der Waals surface area contributed by atoms with E-state index in [1.165, 1.54) is 0 Å². The minimum absolute atomic E-state index is 0.698. The van der Waals surface area contributed by atoms with Gasteiger partial charge in [-0.15, -0.1) is 0 Å². The molecule has 0 N–H and O–H groups in total. The molecule has 0 spiro atoms. The smallest absolute Gasteiger partial charge is 0.156 e. The third-order valence-corrected chi connectivity index (χ3v) is 3.48. The fourth-order valence-corrected chi connectivity index (χ4v) is 2.49. The van der Waals surface area contributed by atoms with Crippen molar-refractivity contribution >= 4 is 5.84 Å². The lowest BCUT2D eigenvalue weighted by atomic mass is 10.1. The molecule has 4 rings (SSSR count). The molecule has 1 aliphatic heterocycles. The summed E-state index contributed by atoms with van der Waals surface area (Å²) in [5.41, 5.74) is 4.39. The van der Waals surface area contributed by atoms with Gasteiger partial charge >= 0.3 is 0 Å². The van der Waals surface area contributed by atoms with E-state index in [0.29, 0.717) is 6.54 Å². The molecule has 0 radical (unpaired) electrons. The minimum atomic E-state index is 0.698. The number of aromatic nitrogens is 2. The number of nitrogens with zero attached hydrogens (tertiary/aromatic N) is 3. The lowest BCUT2D eigenvalue weighted by molar-refractivity contribution is 0.912. The van der Waals surface area contributed by atoms with E-state index in [-0.39, 0.29) is 0 Å². The molecule has 20 heavy (non-hydrogen) atoms. The highest BCUT2D eigenvalue weighted by Crippen LogP contribution is 2.23. The molecule has 0 saturated heterocycles. The first-order valence-corrected chi connectivity index (χ1v) is 6.66. The maximum atomic E-state index is 4.70. The maximum Gasteiger partial charge on any atom is 0.156 e. The predicted molar refractivity (Wildman–Crippen MR) is 79.7 cm³/mol. The van der Waals surface area contributed by atoms with E-state index in [2.05, 4.69) is 35.3 Å². The van der Waals surface area contributed by atoms with E-state index in [0.717, 1.165) is 28.4 Å². The Hall–Kier alpha value is -2.68. The molecule has 3 aromatic rings. The van der Waals surface area contributed by atoms with Crippen molar-refractivity contribution in [3.63, 3.8) is 0 Å². The highest BCUT2D eigenvalue weighted by Gasteiger charge is 2.19. The molecule has 0 unspecified atom stereocenters. The first-order chi connectivity index (χ1) is 9.92. The average Bonchev–Trinajstić information content (AvgIpc) is 3.09. The zero-order chi connectivity index (χ0) is 13.4. The average molecular weight is 259 g/mol. The molecule has 1 aliphatic rings. The lowest BCUT2D eigenvalue weighted by Gasteiger charge is -2.03. The second-order valence-electron chi connectivity index (χ2n) is 4.80. The van der Waals surface area contributed by atoms with Crippen LogP contribution in [0.15, 0.2) is 71.7 Å². The molecule has 0 bridgehead atoms. The van der Waals surface area contributed by atoms with Crippen LogP contribution in [0.3, 0.4) is 0 Å². The third-order valence-electron chi connectivity index (χ3n) is 3.48. The molecule has 1 aromatic heterocycles. The van der Waals surface area contributed by atoms with E-state index in [4.69, 9.17) is 5.10 Å². The summed E-state index contributed by atoms with van der Waals surface area (Å²) in [6, 6.07) is 22.6. The Labute approximate surface area is 117 Å². The summed E-state index contributed by atoms with van der Waals surface area (Å²) in [6.45, 7) is 0.698. The summed E-state index contributed by atoms with van der Waals surface area (Å²) in [5, 5.41) is 4.70. The van der Waals surface area contributed by atoms with Gasteiger partial charge in [-0.25, -0.2) is 4.68 Å². The predicted octanol–water partition coefficient (Wildman–Crippen LogP) is 3.36. The number of hydrogen-bond donors (Lipinski definition) is 0. The largest absolute Gasteiger partial charge is 0.260 e. The highest BCUT2D eigenvalue weighted by molar-refractivity contribution is 6.01. The van der Waals surface area contributed by atoms with Crippen LogP contribution in [0.2, 0.25) is 0 Å².